The number of ether oxygens (including phenoxy) is 1. The molecule has 1 aliphatic heterocycles. The highest BCUT2D eigenvalue weighted by Gasteiger charge is 2.17. The zero-order chi connectivity index (χ0) is 14.5. The Morgan fingerprint density at radius 3 is 2.90 bits per heavy atom. The van der Waals surface area contributed by atoms with E-state index in [2.05, 4.69) is 5.32 Å². The van der Waals surface area contributed by atoms with Crippen molar-refractivity contribution in [3.8, 4) is 0 Å². The molecule has 108 valence electrons. The third-order valence-corrected chi connectivity index (χ3v) is 3.61. The molecule has 1 atom stereocenters. The summed E-state index contributed by atoms with van der Waals surface area (Å²) in [5, 5.41) is 11.8. The molecule has 20 heavy (non-hydrogen) atoms. The van der Waals surface area contributed by atoms with Crippen LogP contribution in [0.2, 0.25) is 5.02 Å². The lowest BCUT2D eigenvalue weighted by Crippen LogP contribution is -2.14. The molecule has 0 aliphatic carbocycles. The second-order valence-electron chi connectivity index (χ2n) is 4.82. The number of rotatable bonds is 5. The van der Waals surface area contributed by atoms with E-state index >= 15 is 0 Å². The minimum absolute atomic E-state index is 0.0198. The van der Waals surface area contributed by atoms with Crippen LogP contribution < -0.4 is 5.32 Å². The molecule has 0 bridgehead atoms. The molecule has 0 spiro atoms. The van der Waals surface area contributed by atoms with E-state index in [-0.39, 0.29) is 16.5 Å². The molecule has 0 saturated carbocycles. The fourth-order valence-electron chi connectivity index (χ4n) is 2.14. The predicted molar refractivity (Wildman–Crippen MR) is 75.2 cm³/mol. The van der Waals surface area contributed by atoms with Gasteiger partial charge in [0, 0.05) is 25.3 Å². The monoisotopic (exact) mass is 297 g/mol. The van der Waals surface area contributed by atoms with Gasteiger partial charge in [0.25, 0.3) is 0 Å². The Morgan fingerprint density at radius 2 is 2.25 bits per heavy atom. The van der Waals surface area contributed by atoms with E-state index < -0.39 is 5.97 Å². The van der Waals surface area contributed by atoms with Gasteiger partial charge in [-0.2, -0.15) is 0 Å². The van der Waals surface area contributed by atoms with Crippen LogP contribution in [-0.4, -0.2) is 30.2 Å². The summed E-state index contributed by atoms with van der Waals surface area (Å²) in [6.07, 6.45) is 2.18. The average Bonchev–Trinajstić information content (AvgIpc) is 2.91. The van der Waals surface area contributed by atoms with Crippen molar-refractivity contribution in [2.75, 3.05) is 18.5 Å². The highest BCUT2D eigenvalue weighted by atomic mass is 35.5. The number of carboxylic acid groups (broad SMARTS) is 1. The van der Waals surface area contributed by atoms with E-state index in [1.165, 1.54) is 12.1 Å². The lowest BCUT2D eigenvalue weighted by atomic mass is 10.0. The van der Waals surface area contributed by atoms with Gasteiger partial charge in [0.1, 0.15) is 0 Å². The number of carbonyl (C=O) groups is 2. The van der Waals surface area contributed by atoms with Gasteiger partial charge in [-0.05, 0) is 37.0 Å². The molecule has 2 rings (SSSR count). The molecule has 0 aromatic heterocycles. The molecule has 1 fully saturated rings. The Morgan fingerprint density at radius 1 is 1.45 bits per heavy atom. The number of amides is 1. The van der Waals surface area contributed by atoms with Crippen molar-refractivity contribution in [1.29, 1.82) is 0 Å². The molecule has 2 N–H and O–H groups in total. The van der Waals surface area contributed by atoms with Crippen LogP contribution >= 0.6 is 11.6 Å². The summed E-state index contributed by atoms with van der Waals surface area (Å²) in [6.45, 7) is 1.49. The van der Waals surface area contributed by atoms with Gasteiger partial charge in [-0.3, -0.25) is 4.79 Å². The fourth-order valence-corrected chi connectivity index (χ4v) is 2.34. The Balaban J connectivity index is 1.90. The van der Waals surface area contributed by atoms with Crippen molar-refractivity contribution >= 4 is 29.2 Å². The number of benzene rings is 1. The van der Waals surface area contributed by atoms with Crippen LogP contribution in [0.25, 0.3) is 0 Å². The summed E-state index contributed by atoms with van der Waals surface area (Å²) < 4.78 is 5.25. The Bertz CT molecular complexity index is 512. The number of halogens is 1. The number of hydrogen-bond donors (Lipinski definition) is 2. The van der Waals surface area contributed by atoms with E-state index in [0.29, 0.717) is 18.0 Å². The maximum atomic E-state index is 11.8. The standard InChI is InChI=1S/C14H16ClNO4/c15-12-3-2-10(7-11(12)14(18)19)16-13(17)4-1-9-5-6-20-8-9/h2-3,7,9H,1,4-6,8H2,(H,16,17)(H,18,19). The third-order valence-electron chi connectivity index (χ3n) is 3.28. The molecule has 1 unspecified atom stereocenters. The quantitative estimate of drug-likeness (QED) is 0.876. The molecule has 5 nitrogen and oxygen atoms in total. The molecular weight excluding hydrogens is 282 g/mol. The SMILES string of the molecule is O=C(CCC1CCOC1)Nc1ccc(Cl)c(C(=O)O)c1. The van der Waals surface area contributed by atoms with Gasteiger partial charge in [-0.1, -0.05) is 11.6 Å². The van der Waals surface area contributed by atoms with E-state index in [4.69, 9.17) is 21.4 Å². The van der Waals surface area contributed by atoms with E-state index in [1.807, 2.05) is 0 Å². The number of aromatic carboxylic acids is 1. The van der Waals surface area contributed by atoms with Crippen LogP contribution in [0.15, 0.2) is 18.2 Å². The second kappa shape index (κ2) is 6.72. The zero-order valence-electron chi connectivity index (χ0n) is 10.9. The molecule has 1 amide bonds. The van der Waals surface area contributed by atoms with Gasteiger partial charge in [-0.25, -0.2) is 4.79 Å². The number of nitrogens with one attached hydrogen (secondary N) is 1. The van der Waals surface area contributed by atoms with Crippen molar-refractivity contribution < 1.29 is 19.4 Å². The van der Waals surface area contributed by atoms with Crippen LogP contribution in [0.4, 0.5) is 5.69 Å². The lowest BCUT2D eigenvalue weighted by molar-refractivity contribution is -0.116. The van der Waals surface area contributed by atoms with E-state index in [0.717, 1.165) is 26.1 Å². The third kappa shape index (κ3) is 3.95. The summed E-state index contributed by atoms with van der Waals surface area (Å²) in [6, 6.07) is 4.41. The number of carbonyl (C=O) groups excluding carboxylic acids is 1. The summed E-state index contributed by atoms with van der Waals surface area (Å²) >= 11 is 5.77. The summed E-state index contributed by atoms with van der Waals surface area (Å²) in [5.41, 5.74) is 0.424. The second-order valence-corrected chi connectivity index (χ2v) is 5.22. The van der Waals surface area contributed by atoms with Crippen molar-refractivity contribution in [3.05, 3.63) is 28.8 Å². The molecule has 1 aromatic carbocycles. The molecule has 1 aliphatic rings. The minimum Gasteiger partial charge on any atom is -0.478 e. The van der Waals surface area contributed by atoms with Gasteiger partial charge in [0.2, 0.25) is 5.91 Å². The number of hydrogen-bond acceptors (Lipinski definition) is 3. The van der Waals surface area contributed by atoms with Crippen LogP contribution in [0.1, 0.15) is 29.6 Å². The van der Waals surface area contributed by atoms with Crippen LogP contribution in [0.3, 0.4) is 0 Å². The molecule has 0 radical (unpaired) electrons. The first-order valence-corrected chi connectivity index (χ1v) is 6.84. The van der Waals surface area contributed by atoms with Gasteiger partial charge in [0.05, 0.1) is 10.6 Å². The summed E-state index contributed by atoms with van der Waals surface area (Å²) in [5.74, 6) is -0.801. The maximum absolute atomic E-state index is 11.8. The largest absolute Gasteiger partial charge is 0.478 e. The van der Waals surface area contributed by atoms with Crippen molar-refractivity contribution in [2.45, 2.75) is 19.3 Å². The molecule has 1 saturated heterocycles. The van der Waals surface area contributed by atoms with Gasteiger partial charge < -0.3 is 15.2 Å². The topological polar surface area (TPSA) is 75.6 Å². The van der Waals surface area contributed by atoms with Crippen molar-refractivity contribution in [3.63, 3.8) is 0 Å². The van der Waals surface area contributed by atoms with Gasteiger partial charge in [0.15, 0.2) is 0 Å². The summed E-state index contributed by atoms with van der Waals surface area (Å²) in [7, 11) is 0. The first-order valence-electron chi connectivity index (χ1n) is 6.46. The smallest absolute Gasteiger partial charge is 0.337 e. The van der Waals surface area contributed by atoms with Crippen LogP contribution in [-0.2, 0) is 9.53 Å². The number of carboxylic acids is 1. The summed E-state index contributed by atoms with van der Waals surface area (Å²) in [4.78, 5) is 22.8. The Labute approximate surface area is 121 Å². The average molecular weight is 298 g/mol. The molecule has 1 aromatic rings. The Hall–Kier alpha value is -1.59. The maximum Gasteiger partial charge on any atom is 0.337 e. The minimum atomic E-state index is -1.12. The van der Waals surface area contributed by atoms with E-state index in [1.54, 1.807) is 6.07 Å². The number of anilines is 1. The van der Waals surface area contributed by atoms with Crippen molar-refractivity contribution in [2.24, 2.45) is 5.92 Å². The highest BCUT2D eigenvalue weighted by molar-refractivity contribution is 6.33. The molecular formula is C14H16ClNO4. The predicted octanol–water partition coefficient (Wildman–Crippen LogP) is 2.79. The molecule has 6 heteroatoms. The Kier molecular flexibility index (Phi) is 4.98. The normalized spacial score (nSPS) is 17.9. The first kappa shape index (κ1) is 14.8. The zero-order valence-corrected chi connectivity index (χ0v) is 11.7. The lowest BCUT2D eigenvalue weighted by Gasteiger charge is -2.09. The first-order chi connectivity index (χ1) is 9.56. The highest BCUT2D eigenvalue weighted by Crippen LogP contribution is 2.22. The van der Waals surface area contributed by atoms with Crippen LogP contribution in [0, 0.1) is 5.92 Å². The molecule has 1 heterocycles. The van der Waals surface area contributed by atoms with Crippen LogP contribution in [0.5, 0.6) is 0 Å². The fraction of sp³-hybridized carbons (Fsp3) is 0.429. The van der Waals surface area contributed by atoms with Gasteiger partial charge in [-0.15, -0.1) is 0 Å². The van der Waals surface area contributed by atoms with Crippen molar-refractivity contribution in [1.82, 2.24) is 0 Å². The van der Waals surface area contributed by atoms with E-state index in [9.17, 15) is 9.59 Å². The van der Waals surface area contributed by atoms with Gasteiger partial charge >= 0.3 is 5.97 Å².